The van der Waals surface area contributed by atoms with Crippen LogP contribution < -0.4 is 11.1 Å². The standard InChI is InChI=1S/C16H19Cl2N5O/c1-9-20-15(16(24)21-11-7-5-10(19)6-8-11)22-23(9)14-12(17)3-2-4-13(14)18/h2-4,10-11H,5-8,19H2,1H3,(H,21,24). The molecule has 1 fully saturated rings. The molecule has 128 valence electrons. The number of amides is 1. The molecule has 1 heterocycles. The van der Waals surface area contributed by atoms with Crippen LogP contribution >= 0.6 is 23.2 Å². The summed E-state index contributed by atoms with van der Waals surface area (Å²) in [5.41, 5.74) is 6.41. The molecule has 0 aliphatic heterocycles. The van der Waals surface area contributed by atoms with E-state index in [-0.39, 0.29) is 23.8 Å². The van der Waals surface area contributed by atoms with Crippen LogP contribution in [-0.4, -0.2) is 32.8 Å². The van der Waals surface area contributed by atoms with Crippen LogP contribution in [0.4, 0.5) is 0 Å². The van der Waals surface area contributed by atoms with Gasteiger partial charge in [0.15, 0.2) is 0 Å². The topological polar surface area (TPSA) is 85.8 Å². The number of nitrogens with zero attached hydrogens (tertiary/aromatic N) is 3. The summed E-state index contributed by atoms with van der Waals surface area (Å²) in [5.74, 6) is 0.361. The highest BCUT2D eigenvalue weighted by Crippen LogP contribution is 2.28. The lowest BCUT2D eigenvalue weighted by Crippen LogP contribution is -2.40. The molecule has 1 aromatic heterocycles. The maximum Gasteiger partial charge on any atom is 0.291 e. The van der Waals surface area contributed by atoms with Crippen molar-refractivity contribution < 1.29 is 4.79 Å². The number of benzene rings is 1. The molecule has 0 atom stereocenters. The highest BCUT2D eigenvalue weighted by Gasteiger charge is 2.23. The average molecular weight is 368 g/mol. The Kier molecular flexibility index (Phi) is 5.08. The molecule has 1 aliphatic rings. The number of para-hydroxylation sites is 1. The predicted molar refractivity (Wildman–Crippen MR) is 93.8 cm³/mol. The number of aromatic nitrogens is 3. The van der Waals surface area contributed by atoms with Gasteiger partial charge in [0.05, 0.1) is 10.0 Å². The summed E-state index contributed by atoms with van der Waals surface area (Å²) in [6, 6.07) is 5.54. The van der Waals surface area contributed by atoms with Crippen molar-refractivity contribution in [1.29, 1.82) is 0 Å². The number of hydrogen-bond donors (Lipinski definition) is 2. The molecule has 1 saturated carbocycles. The normalized spacial score (nSPS) is 20.8. The van der Waals surface area contributed by atoms with Crippen LogP contribution in [0.15, 0.2) is 18.2 Å². The summed E-state index contributed by atoms with van der Waals surface area (Å²) in [4.78, 5) is 16.7. The first-order chi connectivity index (χ1) is 11.5. The third-order valence-electron chi connectivity index (χ3n) is 4.23. The quantitative estimate of drug-likeness (QED) is 0.872. The van der Waals surface area contributed by atoms with E-state index in [0.29, 0.717) is 21.6 Å². The average Bonchev–Trinajstić information content (AvgIpc) is 2.91. The predicted octanol–water partition coefficient (Wildman–Crippen LogP) is 2.88. The van der Waals surface area contributed by atoms with Crippen LogP contribution in [0.25, 0.3) is 5.69 Å². The van der Waals surface area contributed by atoms with E-state index >= 15 is 0 Å². The number of halogens is 2. The summed E-state index contributed by atoms with van der Waals surface area (Å²) in [6.45, 7) is 1.75. The molecule has 1 aromatic carbocycles. The minimum absolute atomic E-state index is 0.110. The zero-order valence-corrected chi connectivity index (χ0v) is 14.8. The molecule has 3 rings (SSSR count). The van der Waals surface area contributed by atoms with Gasteiger partial charge in [0, 0.05) is 12.1 Å². The maximum absolute atomic E-state index is 12.4. The number of carbonyl (C=O) groups excluding carboxylic acids is 1. The molecule has 0 unspecified atom stereocenters. The van der Waals surface area contributed by atoms with Crippen molar-refractivity contribution in [1.82, 2.24) is 20.1 Å². The Morgan fingerprint density at radius 3 is 2.50 bits per heavy atom. The lowest BCUT2D eigenvalue weighted by molar-refractivity contribution is 0.0915. The number of hydrogen-bond acceptors (Lipinski definition) is 4. The highest BCUT2D eigenvalue weighted by atomic mass is 35.5. The number of rotatable bonds is 3. The zero-order chi connectivity index (χ0) is 17.3. The molecule has 0 bridgehead atoms. The lowest BCUT2D eigenvalue weighted by Gasteiger charge is -2.26. The van der Waals surface area contributed by atoms with E-state index in [0.717, 1.165) is 25.7 Å². The minimum atomic E-state index is -0.291. The fourth-order valence-corrected chi connectivity index (χ4v) is 3.46. The Morgan fingerprint density at radius 1 is 1.25 bits per heavy atom. The fraction of sp³-hybridized carbons (Fsp3) is 0.438. The molecule has 1 amide bonds. The number of aryl methyl sites for hydroxylation is 1. The highest BCUT2D eigenvalue weighted by molar-refractivity contribution is 6.37. The molecule has 0 spiro atoms. The molecule has 24 heavy (non-hydrogen) atoms. The lowest BCUT2D eigenvalue weighted by atomic mass is 9.92. The van der Waals surface area contributed by atoms with Gasteiger partial charge in [-0.15, -0.1) is 5.10 Å². The third kappa shape index (κ3) is 3.55. The SMILES string of the molecule is Cc1nc(C(=O)NC2CCC(N)CC2)nn1-c1c(Cl)cccc1Cl. The number of nitrogens with one attached hydrogen (secondary N) is 1. The first kappa shape index (κ1) is 17.2. The Bertz CT molecular complexity index is 733. The van der Waals surface area contributed by atoms with Gasteiger partial charge < -0.3 is 11.1 Å². The molecule has 0 radical (unpaired) electrons. The molecule has 2 aromatic rings. The second kappa shape index (κ2) is 7.09. The monoisotopic (exact) mass is 367 g/mol. The molecule has 1 aliphatic carbocycles. The largest absolute Gasteiger partial charge is 0.347 e. The summed E-state index contributed by atoms with van der Waals surface area (Å²) >= 11 is 12.4. The van der Waals surface area contributed by atoms with E-state index in [1.807, 2.05) is 0 Å². The molecular formula is C16H19Cl2N5O. The first-order valence-corrected chi connectivity index (χ1v) is 8.66. The van der Waals surface area contributed by atoms with E-state index < -0.39 is 0 Å². The van der Waals surface area contributed by atoms with Crippen LogP contribution in [0.1, 0.15) is 42.1 Å². The van der Waals surface area contributed by atoms with Crippen molar-refractivity contribution in [2.24, 2.45) is 5.73 Å². The van der Waals surface area contributed by atoms with E-state index in [2.05, 4.69) is 15.4 Å². The Balaban J connectivity index is 1.80. The van der Waals surface area contributed by atoms with Crippen molar-refractivity contribution >= 4 is 29.1 Å². The number of nitrogens with two attached hydrogens (primary N) is 1. The van der Waals surface area contributed by atoms with Gasteiger partial charge in [-0.3, -0.25) is 4.79 Å². The minimum Gasteiger partial charge on any atom is -0.347 e. The maximum atomic E-state index is 12.4. The molecule has 6 nitrogen and oxygen atoms in total. The van der Waals surface area contributed by atoms with Gasteiger partial charge in [-0.2, -0.15) is 0 Å². The Hall–Kier alpha value is -1.63. The molecule has 8 heteroatoms. The van der Waals surface area contributed by atoms with E-state index in [1.165, 1.54) is 4.68 Å². The Morgan fingerprint density at radius 2 is 1.88 bits per heavy atom. The second-order valence-electron chi connectivity index (χ2n) is 6.05. The Labute approximate surface area is 150 Å². The first-order valence-electron chi connectivity index (χ1n) is 7.90. The summed E-state index contributed by atoms with van der Waals surface area (Å²) in [5, 5.41) is 8.16. The van der Waals surface area contributed by atoms with Crippen LogP contribution in [-0.2, 0) is 0 Å². The second-order valence-corrected chi connectivity index (χ2v) is 6.86. The fourth-order valence-electron chi connectivity index (χ4n) is 2.90. The van der Waals surface area contributed by atoms with Gasteiger partial charge in [-0.1, -0.05) is 29.3 Å². The van der Waals surface area contributed by atoms with Gasteiger partial charge in [0.1, 0.15) is 11.5 Å². The summed E-state index contributed by atoms with van der Waals surface area (Å²) < 4.78 is 1.50. The van der Waals surface area contributed by atoms with Gasteiger partial charge in [0.25, 0.3) is 5.91 Å². The smallest absolute Gasteiger partial charge is 0.291 e. The van der Waals surface area contributed by atoms with Crippen LogP contribution in [0, 0.1) is 6.92 Å². The summed E-state index contributed by atoms with van der Waals surface area (Å²) in [7, 11) is 0. The van der Waals surface area contributed by atoms with Crippen molar-refractivity contribution in [3.05, 3.63) is 39.9 Å². The van der Waals surface area contributed by atoms with Crippen LogP contribution in [0.3, 0.4) is 0 Å². The van der Waals surface area contributed by atoms with Gasteiger partial charge >= 0.3 is 0 Å². The van der Waals surface area contributed by atoms with Gasteiger partial charge in [-0.25, -0.2) is 9.67 Å². The van der Waals surface area contributed by atoms with Crippen molar-refractivity contribution in [2.75, 3.05) is 0 Å². The van der Waals surface area contributed by atoms with Crippen LogP contribution in [0.5, 0.6) is 0 Å². The van der Waals surface area contributed by atoms with E-state index in [4.69, 9.17) is 28.9 Å². The van der Waals surface area contributed by atoms with Crippen molar-refractivity contribution in [3.63, 3.8) is 0 Å². The zero-order valence-electron chi connectivity index (χ0n) is 13.3. The van der Waals surface area contributed by atoms with Crippen molar-refractivity contribution in [3.8, 4) is 5.69 Å². The van der Waals surface area contributed by atoms with Crippen LogP contribution in [0.2, 0.25) is 10.0 Å². The van der Waals surface area contributed by atoms with Gasteiger partial charge in [0.2, 0.25) is 5.82 Å². The van der Waals surface area contributed by atoms with Gasteiger partial charge in [-0.05, 0) is 44.7 Å². The molecular weight excluding hydrogens is 349 g/mol. The molecule has 3 N–H and O–H groups in total. The summed E-state index contributed by atoms with van der Waals surface area (Å²) in [6.07, 6.45) is 3.59. The third-order valence-corrected chi connectivity index (χ3v) is 4.84. The number of carbonyl (C=O) groups is 1. The van der Waals surface area contributed by atoms with Crippen molar-refractivity contribution in [2.45, 2.75) is 44.7 Å². The molecule has 0 saturated heterocycles. The van der Waals surface area contributed by atoms with E-state index in [1.54, 1.807) is 25.1 Å². The van der Waals surface area contributed by atoms with E-state index in [9.17, 15) is 4.79 Å².